The molecule has 1 aromatic heterocycles. The normalized spacial score (nSPS) is 12.0. The zero-order valence-corrected chi connectivity index (χ0v) is 15.4. The highest BCUT2D eigenvalue weighted by molar-refractivity contribution is 5.95. The van der Waals surface area contributed by atoms with Crippen molar-refractivity contribution in [3.63, 3.8) is 0 Å². The van der Waals surface area contributed by atoms with E-state index in [0.717, 1.165) is 0 Å². The monoisotopic (exact) mass is 386 g/mol. The van der Waals surface area contributed by atoms with Gasteiger partial charge < -0.3 is 15.0 Å². The number of carbonyl (C=O) groups excluding carboxylic acids is 1. The van der Waals surface area contributed by atoms with Gasteiger partial charge in [-0.05, 0) is 29.8 Å². The zero-order valence-electron chi connectivity index (χ0n) is 15.4. The molecule has 1 heterocycles. The molecule has 6 heteroatoms. The summed E-state index contributed by atoms with van der Waals surface area (Å²) >= 11 is 0. The van der Waals surface area contributed by atoms with E-state index in [9.17, 15) is 19.5 Å². The minimum atomic E-state index is -1.15. The lowest BCUT2D eigenvalue weighted by atomic mass is 10.1. The average Bonchev–Trinajstić information content (AvgIpc) is 2.75. The maximum Gasteiger partial charge on any atom is 0.330 e. The summed E-state index contributed by atoms with van der Waals surface area (Å²) in [4.78, 5) is 37.3. The van der Waals surface area contributed by atoms with Gasteiger partial charge in [-0.3, -0.25) is 9.59 Å². The molecule has 0 aliphatic rings. The highest BCUT2D eigenvalue weighted by atomic mass is 16.4. The van der Waals surface area contributed by atoms with Crippen LogP contribution in [0.15, 0.2) is 83.7 Å². The van der Waals surface area contributed by atoms with Gasteiger partial charge in [0.15, 0.2) is 11.5 Å². The quantitative estimate of drug-likeness (QED) is 0.516. The van der Waals surface area contributed by atoms with Gasteiger partial charge in [-0.15, -0.1) is 0 Å². The number of aliphatic carboxylic acids is 1. The molecule has 0 aliphatic heterocycles. The van der Waals surface area contributed by atoms with Crippen molar-refractivity contribution in [1.82, 2.24) is 9.88 Å². The third kappa shape index (κ3) is 3.48. The summed E-state index contributed by atoms with van der Waals surface area (Å²) in [5.74, 6) is -1.60. The van der Waals surface area contributed by atoms with Crippen LogP contribution in [0.5, 0.6) is 0 Å². The van der Waals surface area contributed by atoms with E-state index in [0.29, 0.717) is 27.4 Å². The third-order valence-electron chi connectivity index (χ3n) is 4.87. The Bertz CT molecular complexity index is 1220. The Morgan fingerprint density at radius 1 is 0.828 bits per heavy atom. The van der Waals surface area contributed by atoms with Gasteiger partial charge in [-0.2, -0.15) is 0 Å². The number of nitrogens with zero attached hydrogens (tertiary/aromatic N) is 1. The zero-order chi connectivity index (χ0) is 20.4. The Labute approximate surface area is 166 Å². The SMILES string of the molecule is O=C(Cn1c2ccccc2c(=O)c2ccccc21)NC(C(=O)O)c1ccccc1. The molecule has 29 heavy (non-hydrogen) atoms. The Kier molecular flexibility index (Phi) is 4.83. The van der Waals surface area contributed by atoms with Crippen LogP contribution in [0.1, 0.15) is 11.6 Å². The number of pyridine rings is 1. The lowest BCUT2D eigenvalue weighted by Gasteiger charge is -2.18. The number of carbonyl (C=O) groups is 2. The van der Waals surface area contributed by atoms with E-state index in [1.165, 1.54) is 0 Å². The van der Waals surface area contributed by atoms with Crippen LogP contribution in [0.3, 0.4) is 0 Å². The highest BCUT2D eigenvalue weighted by Crippen LogP contribution is 2.19. The van der Waals surface area contributed by atoms with E-state index in [1.54, 1.807) is 83.4 Å². The van der Waals surface area contributed by atoms with E-state index in [1.807, 2.05) is 0 Å². The van der Waals surface area contributed by atoms with Crippen molar-refractivity contribution in [3.8, 4) is 0 Å². The van der Waals surface area contributed by atoms with Gasteiger partial charge in [0.1, 0.15) is 6.54 Å². The molecular weight excluding hydrogens is 368 g/mol. The van der Waals surface area contributed by atoms with E-state index in [2.05, 4.69) is 5.32 Å². The number of fused-ring (bicyclic) bond motifs is 2. The van der Waals surface area contributed by atoms with E-state index in [-0.39, 0.29) is 12.0 Å². The van der Waals surface area contributed by atoms with Crippen molar-refractivity contribution < 1.29 is 14.7 Å². The Balaban J connectivity index is 1.75. The number of rotatable bonds is 5. The first kappa shape index (κ1) is 18.4. The molecule has 0 aliphatic carbocycles. The molecule has 0 radical (unpaired) electrons. The van der Waals surface area contributed by atoms with Crippen molar-refractivity contribution in [2.24, 2.45) is 0 Å². The molecule has 0 bridgehead atoms. The van der Waals surface area contributed by atoms with Crippen molar-refractivity contribution >= 4 is 33.7 Å². The summed E-state index contributed by atoms with van der Waals surface area (Å²) in [7, 11) is 0. The minimum Gasteiger partial charge on any atom is -0.479 e. The molecule has 2 N–H and O–H groups in total. The number of para-hydroxylation sites is 2. The highest BCUT2D eigenvalue weighted by Gasteiger charge is 2.22. The second kappa shape index (κ2) is 7.59. The molecule has 3 aromatic carbocycles. The molecule has 1 atom stereocenters. The maximum absolute atomic E-state index is 12.8. The standard InChI is InChI=1S/C23H18N2O4/c26-20(24-21(23(28)29)15-8-2-1-3-9-15)14-25-18-12-6-4-10-16(18)22(27)17-11-5-7-13-19(17)25/h1-13,21H,14H2,(H,24,26)(H,28,29). The van der Waals surface area contributed by atoms with Crippen LogP contribution in [0.4, 0.5) is 0 Å². The van der Waals surface area contributed by atoms with Gasteiger partial charge in [-0.25, -0.2) is 4.79 Å². The van der Waals surface area contributed by atoms with Gasteiger partial charge >= 0.3 is 5.97 Å². The molecule has 4 aromatic rings. The predicted octanol–water partition coefficient (Wildman–Crippen LogP) is 3.10. The summed E-state index contributed by atoms with van der Waals surface area (Å²) in [6.07, 6.45) is 0. The molecule has 0 fully saturated rings. The van der Waals surface area contributed by atoms with Crippen LogP contribution in [0, 0.1) is 0 Å². The smallest absolute Gasteiger partial charge is 0.330 e. The van der Waals surface area contributed by atoms with Crippen LogP contribution < -0.4 is 10.7 Å². The summed E-state index contributed by atoms with van der Waals surface area (Å²) < 4.78 is 1.74. The number of nitrogens with one attached hydrogen (secondary N) is 1. The summed E-state index contributed by atoms with van der Waals surface area (Å²) in [5.41, 5.74) is 1.64. The second-order valence-corrected chi connectivity index (χ2v) is 6.70. The van der Waals surface area contributed by atoms with Crippen LogP contribution >= 0.6 is 0 Å². The maximum atomic E-state index is 12.8. The third-order valence-corrected chi connectivity index (χ3v) is 4.87. The molecule has 0 saturated carbocycles. The van der Waals surface area contributed by atoms with E-state index < -0.39 is 17.9 Å². The van der Waals surface area contributed by atoms with Crippen molar-refractivity contribution in [2.75, 3.05) is 0 Å². The average molecular weight is 386 g/mol. The molecule has 0 spiro atoms. The number of carboxylic acids is 1. The van der Waals surface area contributed by atoms with Crippen molar-refractivity contribution in [1.29, 1.82) is 0 Å². The first-order valence-electron chi connectivity index (χ1n) is 9.13. The summed E-state index contributed by atoms with van der Waals surface area (Å²) in [6, 6.07) is 21.5. The number of hydrogen-bond acceptors (Lipinski definition) is 3. The largest absolute Gasteiger partial charge is 0.479 e. The number of benzene rings is 3. The Hall–Kier alpha value is -3.93. The molecule has 6 nitrogen and oxygen atoms in total. The fourth-order valence-corrected chi connectivity index (χ4v) is 3.53. The summed E-state index contributed by atoms with van der Waals surface area (Å²) in [6.45, 7) is -0.113. The minimum absolute atomic E-state index is 0.0967. The lowest BCUT2D eigenvalue weighted by Crippen LogP contribution is -2.36. The molecular formula is C23H18N2O4. The van der Waals surface area contributed by atoms with Gasteiger partial charge in [0.25, 0.3) is 0 Å². The summed E-state index contributed by atoms with van der Waals surface area (Å²) in [5, 5.41) is 13.2. The topological polar surface area (TPSA) is 88.4 Å². The van der Waals surface area contributed by atoms with Crippen LogP contribution in [0.25, 0.3) is 21.8 Å². The van der Waals surface area contributed by atoms with Gasteiger partial charge in [0, 0.05) is 10.8 Å². The molecule has 4 rings (SSSR count). The van der Waals surface area contributed by atoms with Gasteiger partial charge in [0.05, 0.1) is 11.0 Å². The van der Waals surface area contributed by atoms with Crippen molar-refractivity contribution in [3.05, 3.63) is 94.6 Å². The number of carboxylic acid groups (broad SMARTS) is 1. The van der Waals surface area contributed by atoms with E-state index in [4.69, 9.17) is 0 Å². The Morgan fingerprint density at radius 2 is 1.34 bits per heavy atom. The van der Waals surface area contributed by atoms with Gasteiger partial charge in [-0.1, -0.05) is 54.6 Å². The number of amides is 1. The van der Waals surface area contributed by atoms with Crippen molar-refractivity contribution in [2.45, 2.75) is 12.6 Å². The van der Waals surface area contributed by atoms with Crippen LogP contribution in [-0.4, -0.2) is 21.6 Å². The number of hydrogen-bond donors (Lipinski definition) is 2. The molecule has 1 amide bonds. The van der Waals surface area contributed by atoms with Crippen LogP contribution in [0.2, 0.25) is 0 Å². The predicted molar refractivity (Wildman–Crippen MR) is 111 cm³/mol. The fourth-order valence-electron chi connectivity index (χ4n) is 3.53. The fraction of sp³-hybridized carbons (Fsp3) is 0.0870. The first-order valence-corrected chi connectivity index (χ1v) is 9.13. The molecule has 0 saturated heterocycles. The second-order valence-electron chi connectivity index (χ2n) is 6.70. The molecule has 1 unspecified atom stereocenters. The van der Waals surface area contributed by atoms with Crippen LogP contribution in [-0.2, 0) is 16.1 Å². The Morgan fingerprint density at radius 3 is 1.90 bits per heavy atom. The van der Waals surface area contributed by atoms with E-state index >= 15 is 0 Å². The lowest BCUT2D eigenvalue weighted by molar-refractivity contribution is -0.142. The molecule has 144 valence electrons. The van der Waals surface area contributed by atoms with Gasteiger partial charge in [0.2, 0.25) is 5.91 Å². The number of aromatic nitrogens is 1. The first-order chi connectivity index (χ1) is 14.1.